The van der Waals surface area contributed by atoms with E-state index in [2.05, 4.69) is 4.98 Å². The Morgan fingerprint density at radius 1 is 1.22 bits per heavy atom. The summed E-state index contributed by atoms with van der Waals surface area (Å²) in [5, 5.41) is 1.83. The average Bonchev–Trinajstić information content (AvgIpc) is 2.51. The molecule has 0 radical (unpaired) electrons. The second kappa shape index (κ2) is 4.64. The highest BCUT2D eigenvalue weighted by atomic mass is 31.2. The van der Waals surface area contributed by atoms with Gasteiger partial charge in [-0.05, 0) is 35.2 Å². The predicted octanol–water partition coefficient (Wildman–Crippen LogP) is 1.47. The van der Waals surface area contributed by atoms with Crippen LogP contribution in [-0.4, -0.2) is 19.3 Å². The molecular formula is C15H13N2O5P. The Balaban J connectivity index is 2.28. The normalized spacial score (nSPS) is 17.7. The predicted molar refractivity (Wildman–Crippen MR) is 85.7 cm³/mol. The molecule has 23 heavy (non-hydrogen) atoms. The SMILES string of the molecule is O=c1[nH]c2cc3ccccc3c3c2n(c1=O)C(P(=O)(O)O)CC3. The summed E-state index contributed by atoms with van der Waals surface area (Å²) in [6.45, 7) is 0. The van der Waals surface area contributed by atoms with Gasteiger partial charge in [-0.1, -0.05) is 24.3 Å². The van der Waals surface area contributed by atoms with Crippen LogP contribution in [0, 0.1) is 0 Å². The number of H-pyrrole nitrogens is 1. The molecule has 0 fully saturated rings. The van der Waals surface area contributed by atoms with E-state index in [1.165, 1.54) is 0 Å². The number of benzene rings is 2. The Hall–Kier alpha value is -2.21. The maximum absolute atomic E-state index is 12.3. The van der Waals surface area contributed by atoms with E-state index in [1.54, 1.807) is 6.07 Å². The summed E-state index contributed by atoms with van der Waals surface area (Å²) in [7, 11) is -4.55. The molecule has 7 nitrogen and oxygen atoms in total. The van der Waals surface area contributed by atoms with Crippen molar-refractivity contribution in [2.75, 3.05) is 0 Å². The van der Waals surface area contributed by atoms with Gasteiger partial charge >= 0.3 is 18.7 Å². The summed E-state index contributed by atoms with van der Waals surface area (Å²) in [4.78, 5) is 45.9. The number of rotatable bonds is 1. The summed E-state index contributed by atoms with van der Waals surface area (Å²) < 4.78 is 12.8. The van der Waals surface area contributed by atoms with Crippen LogP contribution in [0.1, 0.15) is 17.8 Å². The van der Waals surface area contributed by atoms with Crippen molar-refractivity contribution in [3.8, 4) is 0 Å². The minimum atomic E-state index is -4.55. The molecule has 1 unspecified atom stereocenters. The van der Waals surface area contributed by atoms with Gasteiger partial charge in [-0.2, -0.15) is 0 Å². The molecule has 2 aromatic carbocycles. The van der Waals surface area contributed by atoms with Crippen molar-refractivity contribution < 1.29 is 14.4 Å². The van der Waals surface area contributed by atoms with Gasteiger partial charge in [0.2, 0.25) is 0 Å². The second-order valence-electron chi connectivity index (χ2n) is 5.71. The molecule has 1 aromatic heterocycles. The van der Waals surface area contributed by atoms with Crippen LogP contribution in [0.5, 0.6) is 0 Å². The van der Waals surface area contributed by atoms with E-state index in [9.17, 15) is 23.9 Å². The van der Waals surface area contributed by atoms with Gasteiger partial charge in [-0.15, -0.1) is 0 Å². The Morgan fingerprint density at radius 2 is 1.96 bits per heavy atom. The van der Waals surface area contributed by atoms with Gasteiger partial charge in [0.25, 0.3) is 0 Å². The van der Waals surface area contributed by atoms with E-state index >= 15 is 0 Å². The maximum atomic E-state index is 12.3. The Bertz CT molecular complexity index is 1120. The smallest absolute Gasteiger partial charge is 0.323 e. The molecular weight excluding hydrogens is 319 g/mol. The van der Waals surface area contributed by atoms with Crippen molar-refractivity contribution in [2.24, 2.45) is 0 Å². The van der Waals surface area contributed by atoms with Crippen molar-refractivity contribution in [1.82, 2.24) is 9.55 Å². The van der Waals surface area contributed by atoms with E-state index in [0.717, 1.165) is 20.9 Å². The lowest BCUT2D eigenvalue weighted by Gasteiger charge is -2.28. The first-order valence-corrected chi connectivity index (χ1v) is 8.80. The highest BCUT2D eigenvalue weighted by molar-refractivity contribution is 7.51. The number of hydrogen-bond acceptors (Lipinski definition) is 3. The molecule has 2 heterocycles. The van der Waals surface area contributed by atoms with E-state index in [4.69, 9.17) is 0 Å². The Morgan fingerprint density at radius 3 is 2.70 bits per heavy atom. The quantitative estimate of drug-likeness (QED) is 0.355. The summed E-state index contributed by atoms with van der Waals surface area (Å²) >= 11 is 0. The van der Waals surface area contributed by atoms with Crippen LogP contribution >= 0.6 is 7.60 Å². The third-order valence-electron chi connectivity index (χ3n) is 4.37. The molecule has 4 rings (SSSR count). The molecule has 1 atom stereocenters. The maximum Gasteiger partial charge on any atom is 0.348 e. The van der Waals surface area contributed by atoms with Gasteiger partial charge in [0.05, 0.1) is 11.0 Å². The van der Waals surface area contributed by atoms with Gasteiger partial charge in [0.15, 0.2) is 0 Å². The number of nitrogens with one attached hydrogen (secondary N) is 1. The van der Waals surface area contributed by atoms with E-state index in [0.29, 0.717) is 17.5 Å². The topological polar surface area (TPSA) is 112 Å². The van der Waals surface area contributed by atoms with Crippen LogP contribution in [0.15, 0.2) is 39.9 Å². The van der Waals surface area contributed by atoms with Crippen LogP contribution < -0.4 is 11.1 Å². The number of aromatic nitrogens is 2. The zero-order chi connectivity index (χ0) is 16.4. The van der Waals surface area contributed by atoms with Gasteiger partial charge < -0.3 is 14.8 Å². The van der Waals surface area contributed by atoms with Crippen LogP contribution in [0.2, 0.25) is 0 Å². The zero-order valence-corrected chi connectivity index (χ0v) is 12.8. The average molecular weight is 332 g/mol. The molecule has 0 bridgehead atoms. The molecule has 0 spiro atoms. The van der Waals surface area contributed by atoms with Crippen LogP contribution in [0.3, 0.4) is 0 Å². The first kappa shape index (κ1) is 14.4. The first-order valence-electron chi connectivity index (χ1n) is 7.12. The molecule has 0 saturated carbocycles. The second-order valence-corrected chi connectivity index (χ2v) is 7.48. The molecule has 3 N–H and O–H groups in total. The van der Waals surface area contributed by atoms with Gasteiger partial charge in [0.1, 0.15) is 5.78 Å². The van der Waals surface area contributed by atoms with Gasteiger partial charge in [-0.3, -0.25) is 18.7 Å². The molecule has 0 saturated heterocycles. The zero-order valence-electron chi connectivity index (χ0n) is 11.9. The third kappa shape index (κ3) is 2.01. The van der Waals surface area contributed by atoms with Crippen molar-refractivity contribution in [1.29, 1.82) is 0 Å². The summed E-state index contributed by atoms with van der Waals surface area (Å²) in [5.41, 5.74) is -0.147. The third-order valence-corrected chi connectivity index (χ3v) is 5.63. The summed E-state index contributed by atoms with van der Waals surface area (Å²) in [6.07, 6.45) is 0.545. The largest absolute Gasteiger partial charge is 0.348 e. The fraction of sp³-hybridized carbons (Fsp3) is 0.200. The van der Waals surface area contributed by atoms with Gasteiger partial charge in [-0.25, -0.2) is 0 Å². The lowest BCUT2D eigenvalue weighted by molar-refractivity contribution is 0.332. The van der Waals surface area contributed by atoms with Crippen LogP contribution in [0.25, 0.3) is 21.8 Å². The lowest BCUT2D eigenvalue weighted by Crippen LogP contribution is -2.40. The highest BCUT2D eigenvalue weighted by Crippen LogP contribution is 2.53. The van der Waals surface area contributed by atoms with Crippen LogP contribution in [-0.2, 0) is 11.0 Å². The Labute approximate surface area is 129 Å². The standard InChI is InChI=1S/C15H13N2O5P/c18-14-15(19)17-12(23(20,21)22)6-5-10-9-4-2-1-3-8(9)7-11(16-14)13(10)17/h1-4,7,12H,5-6H2,(H,16,18)(H2,20,21,22). The number of aryl methyl sites for hydroxylation is 1. The fourth-order valence-corrected chi connectivity index (χ4v) is 4.41. The molecule has 8 heteroatoms. The molecule has 0 aliphatic carbocycles. The highest BCUT2D eigenvalue weighted by Gasteiger charge is 2.36. The minimum Gasteiger partial charge on any atom is -0.323 e. The monoisotopic (exact) mass is 332 g/mol. The number of nitrogens with zero attached hydrogens (tertiary/aromatic N) is 1. The fourth-order valence-electron chi connectivity index (χ4n) is 3.43. The number of fused-ring (bicyclic) bond motifs is 2. The Kier molecular flexibility index (Phi) is 2.90. The number of hydrogen-bond donors (Lipinski definition) is 3. The van der Waals surface area contributed by atoms with E-state index in [-0.39, 0.29) is 6.42 Å². The van der Waals surface area contributed by atoms with Crippen molar-refractivity contribution in [3.63, 3.8) is 0 Å². The lowest BCUT2D eigenvalue weighted by atomic mass is 9.96. The van der Waals surface area contributed by atoms with E-state index < -0.39 is 24.5 Å². The van der Waals surface area contributed by atoms with Crippen molar-refractivity contribution in [3.05, 3.63) is 56.6 Å². The summed E-state index contributed by atoms with van der Waals surface area (Å²) in [5.74, 6) is -1.30. The number of aromatic amines is 1. The molecule has 1 aliphatic heterocycles. The van der Waals surface area contributed by atoms with Crippen molar-refractivity contribution >= 4 is 29.4 Å². The molecule has 118 valence electrons. The van der Waals surface area contributed by atoms with Crippen molar-refractivity contribution in [2.45, 2.75) is 18.6 Å². The first-order chi connectivity index (χ1) is 10.9. The van der Waals surface area contributed by atoms with Crippen LogP contribution in [0.4, 0.5) is 0 Å². The van der Waals surface area contributed by atoms with Gasteiger partial charge in [0, 0.05) is 0 Å². The molecule has 1 aliphatic rings. The molecule has 3 aromatic rings. The van der Waals surface area contributed by atoms with E-state index in [1.807, 2.05) is 24.3 Å². The summed E-state index contributed by atoms with van der Waals surface area (Å²) in [6, 6.07) is 9.27. The minimum absolute atomic E-state index is 0.115. The molecule has 0 amide bonds.